The van der Waals surface area contributed by atoms with Crippen molar-refractivity contribution in [3.63, 3.8) is 0 Å². The van der Waals surface area contributed by atoms with Gasteiger partial charge in [-0.05, 0) is 47.5 Å². The molecule has 0 bridgehead atoms. The molecule has 0 heterocycles. The summed E-state index contributed by atoms with van der Waals surface area (Å²) in [5.74, 6) is -1.86. The number of hydrogen-bond donors (Lipinski definition) is 2. The fraction of sp³-hybridized carbons (Fsp3) is 0.895. The lowest BCUT2D eigenvalue weighted by atomic mass is 9.72. The van der Waals surface area contributed by atoms with Gasteiger partial charge in [0.05, 0.1) is 10.8 Å². The Kier molecular flexibility index (Phi) is 10.5. The molecule has 202 valence electrons. The molecule has 0 saturated heterocycles. The second-order valence-electron chi connectivity index (χ2n) is 9.15. The molecule has 0 aromatic heterocycles. The van der Waals surface area contributed by atoms with Crippen molar-refractivity contribution in [1.29, 1.82) is 0 Å². The van der Waals surface area contributed by atoms with Gasteiger partial charge < -0.3 is 14.6 Å². The van der Waals surface area contributed by atoms with E-state index in [0.717, 1.165) is 0 Å². The number of nitrogens with one attached hydrogen (secondary N) is 1. The van der Waals surface area contributed by atoms with Gasteiger partial charge in [-0.3, -0.25) is 9.59 Å². The number of ether oxygens (including phenoxy) is 2. The largest absolute Gasteiger partial charge is 0.511 e. The lowest BCUT2D eigenvalue weighted by molar-refractivity contribution is -0.261. The van der Waals surface area contributed by atoms with E-state index in [1.807, 2.05) is 0 Å². The van der Waals surface area contributed by atoms with Gasteiger partial charge in [-0.2, -0.15) is 26.3 Å². The van der Waals surface area contributed by atoms with Crippen LogP contribution in [0.4, 0.5) is 26.3 Å². The maximum atomic E-state index is 12.8. The van der Waals surface area contributed by atoms with Crippen LogP contribution < -0.4 is 4.72 Å². The molecular weight excluding hydrogens is 500 g/mol. The van der Waals surface area contributed by atoms with E-state index in [1.54, 1.807) is 6.92 Å². The van der Waals surface area contributed by atoms with E-state index in [1.165, 1.54) is 32.4 Å². The molecule has 0 radical (unpaired) electrons. The molecule has 0 aromatic carbocycles. The Labute approximate surface area is 194 Å². The highest BCUT2D eigenvalue weighted by Crippen LogP contribution is 2.39. The van der Waals surface area contributed by atoms with Crippen LogP contribution in [0.2, 0.25) is 0 Å². The number of esters is 2. The summed E-state index contributed by atoms with van der Waals surface area (Å²) in [4.78, 5) is 25.1. The molecular formula is C19H31F6NO7S. The Bertz CT molecular complexity index is 824. The van der Waals surface area contributed by atoms with Gasteiger partial charge in [0.15, 0.2) is 5.60 Å². The van der Waals surface area contributed by atoms with E-state index >= 15 is 0 Å². The van der Waals surface area contributed by atoms with Gasteiger partial charge in [0.2, 0.25) is 0 Å². The van der Waals surface area contributed by atoms with Crippen molar-refractivity contribution in [2.24, 2.45) is 10.8 Å². The molecule has 0 amide bonds. The van der Waals surface area contributed by atoms with Crippen LogP contribution in [0.3, 0.4) is 0 Å². The van der Waals surface area contributed by atoms with Crippen molar-refractivity contribution >= 4 is 22.0 Å². The third kappa shape index (κ3) is 8.87. The van der Waals surface area contributed by atoms with Crippen LogP contribution in [0.25, 0.3) is 0 Å². The first-order valence-corrected chi connectivity index (χ1v) is 11.6. The molecule has 34 heavy (non-hydrogen) atoms. The highest BCUT2D eigenvalue weighted by Gasteiger charge is 2.51. The molecule has 3 atom stereocenters. The van der Waals surface area contributed by atoms with Crippen LogP contribution in [0, 0.1) is 10.8 Å². The second-order valence-corrected chi connectivity index (χ2v) is 10.9. The molecule has 0 rings (SSSR count). The highest BCUT2D eigenvalue weighted by atomic mass is 32.2. The van der Waals surface area contributed by atoms with E-state index < -0.39 is 75.8 Å². The first-order chi connectivity index (χ1) is 14.9. The number of halogens is 6. The number of sulfonamides is 1. The molecule has 8 nitrogen and oxygen atoms in total. The Balaban J connectivity index is 5.10. The van der Waals surface area contributed by atoms with Crippen molar-refractivity contribution in [3.8, 4) is 0 Å². The van der Waals surface area contributed by atoms with Crippen molar-refractivity contribution in [2.45, 2.75) is 84.2 Å². The molecule has 0 saturated carbocycles. The lowest BCUT2D eigenvalue weighted by Crippen LogP contribution is -2.46. The summed E-state index contributed by atoms with van der Waals surface area (Å²) < 4.78 is 108. The third-order valence-corrected chi connectivity index (χ3v) is 6.39. The minimum Gasteiger partial charge on any atom is -0.464 e. The zero-order chi connectivity index (χ0) is 27.4. The Morgan fingerprint density at radius 1 is 1.00 bits per heavy atom. The van der Waals surface area contributed by atoms with Crippen molar-refractivity contribution in [1.82, 2.24) is 4.72 Å². The number of carbonyl (C=O) groups excluding carboxylic acids is 2. The molecule has 3 unspecified atom stereocenters. The predicted octanol–water partition coefficient (Wildman–Crippen LogP) is 3.44. The molecule has 0 aliphatic heterocycles. The van der Waals surface area contributed by atoms with Crippen molar-refractivity contribution in [3.05, 3.63) is 0 Å². The monoisotopic (exact) mass is 531 g/mol. The zero-order valence-electron chi connectivity index (χ0n) is 19.7. The molecule has 15 heteroatoms. The molecule has 2 N–H and O–H groups in total. The lowest BCUT2D eigenvalue weighted by Gasteiger charge is -2.35. The van der Waals surface area contributed by atoms with Gasteiger partial charge in [-0.15, -0.1) is 0 Å². The average molecular weight is 532 g/mol. The van der Waals surface area contributed by atoms with Gasteiger partial charge in [0.25, 0.3) is 0 Å². The van der Waals surface area contributed by atoms with Gasteiger partial charge >= 0.3 is 33.6 Å². The van der Waals surface area contributed by atoms with E-state index in [4.69, 9.17) is 9.47 Å². The molecule has 0 aliphatic carbocycles. The van der Waals surface area contributed by atoms with Crippen LogP contribution in [-0.4, -0.2) is 62.0 Å². The predicted molar refractivity (Wildman–Crippen MR) is 108 cm³/mol. The summed E-state index contributed by atoms with van der Waals surface area (Å²) in [5.41, 5.74) is -11.4. The van der Waals surface area contributed by atoms with E-state index in [0.29, 0.717) is 6.92 Å². The van der Waals surface area contributed by atoms with Crippen LogP contribution in [0.1, 0.15) is 60.8 Å². The SMILES string of the molecule is CCC(C)(CC(C)(C)C(=O)OC(C)CC(C)(O)C(F)(F)F)C(=O)OCCNS(=O)(=O)C(F)(F)F. The Morgan fingerprint density at radius 3 is 1.91 bits per heavy atom. The van der Waals surface area contributed by atoms with Crippen molar-refractivity contribution in [2.75, 3.05) is 13.2 Å². The van der Waals surface area contributed by atoms with E-state index in [-0.39, 0.29) is 12.8 Å². The fourth-order valence-corrected chi connectivity index (χ4v) is 3.54. The number of aliphatic hydroxyl groups is 1. The quantitative estimate of drug-likeness (QED) is 0.225. The summed E-state index contributed by atoms with van der Waals surface area (Å²) in [6.45, 7) is 5.89. The Hall–Kier alpha value is -1.61. The number of rotatable bonds is 12. The average Bonchev–Trinajstić information content (AvgIpc) is 2.62. The minimum atomic E-state index is -5.60. The van der Waals surface area contributed by atoms with Gasteiger partial charge in [-0.1, -0.05) is 6.92 Å². The Morgan fingerprint density at radius 2 is 1.50 bits per heavy atom. The summed E-state index contributed by atoms with van der Waals surface area (Å²) in [6.07, 6.45) is -7.27. The summed E-state index contributed by atoms with van der Waals surface area (Å²) >= 11 is 0. The maximum absolute atomic E-state index is 12.8. The number of hydrogen-bond acceptors (Lipinski definition) is 7. The second kappa shape index (κ2) is 11.0. The summed E-state index contributed by atoms with van der Waals surface area (Å²) in [5, 5.41) is 9.55. The first-order valence-electron chi connectivity index (χ1n) is 10.2. The van der Waals surface area contributed by atoms with Crippen molar-refractivity contribution < 1.29 is 58.9 Å². The fourth-order valence-electron chi connectivity index (χ4n) is 3.02. The molecule has 0 aromatic rings. The standard InChI is InChI=1S/C19H31F6NO7S/c1-7-16(5,14(28)32-9-8-26-34(30,31)19(23,24)25)11-15(3,4)13(27)33-12(2)10-17(6,29)18(20,21)22/h12,26,29H,7-11H2,1-6H3. The number of alkyl halides is 6. The van der Waals surface area contributed by atoms with Gasteiger partial charge in [-0.25, -0.2) is 13.1 Å². The topological polar surface area (TPSA) is 119 Å². The van der Waals surface area contributed by atoms with Crippen LogP contribution in [0.5, 0.6) is 0 Å². The van der Waals surface area contributed by atoms with Gasteiger partial charge in [0, 0.05) is 13.0 Å². The third-order valence-electron chi connectivity index (χ3n) is 5.19. The van der Waals surface area contributed by atoms with Crippen LogP contribution in [0.15, 0.2) is 0 Å². The van der Waals surface area contributed by atoms with E-state index in [9.17, 15) is 49.5 Å². The smallest absolute Gasteiger partial charge is 0.464 e. The number of carbonyl (C=O) groups is 2. The normalized spacial score (nSPS) is 17.9. The van der Waals surface area contributed by atoms with Gasteiger partial charge in [0.1, 0.15) is 12.7 Å². The zero-order valence-corrected chi connectivity index (χ0v) is 20.5. The molecule has 0 aliphatic rings. The molecule has 0 spiro atoms. The van der Waals surface area contributed by atoms with E-state index in [2.05, 4.69) is 0 Å². The highest BCUT2D eigenvalue weighted by molar-refractivity contribution is 7.90. The molecule has 0 fully saturated rings. The summed E-state index contributed by atoms with van der Waals surface area (Å²) in [6, 6.07) is 0. The van der Waals surface area contributed by atoms with Crippen LogP contribution in [-0.2, 0) is 29.1 Å². The summed E-state index contributed by atoms with van der Waals surface area (Å²) in [7, 11) is -5.60. The maximum Gasteiger partial charge on any atom is 0.511 e. The first kappa shape index (κ1) is 32.4. The minimum absolute atomic E-state index is 0.106. The van der Waals surface area contributed by atoms with Crippen LogP contribution >= 0.6 is 0 Å².